The highest BCUT2D eigenvalue weighted by molar-refractivity contribution is 5.97. The Morgan fingerprint density at radius 1 is 1.11 bits per heavy atom. The SMILES string of the molecule is O=C1C2=C(CCCC2)[C@@H](NCCCN2CCOCC2)N1Cc1ccc(F)cc1. The van der Waals surface area contributed by atoms with E-state index in [1.54, 1.807) is 12.1 Å². The van der Waals surface area contributed by atoms with Crippen molar-refractivity contribution >= 4 is 5.91 Å². The van der Waals surface area contributed by atoms with Gasteiger partial charge in [0.15, 0.2) is 0 Å². The number of rotatable bonds is 7. The summed E-state index contributed by atoms with van der Waals surface area (Å²) < 4.78 is 18.6. The molecule has 5 nitrogen and oxygen atoms in total. The van der Waals surface area contributed by atoms with Gasteiger partial charge in [0.25, 0.3) is 5.91 Å². The molecule has 28 heavy (non-hydrogen) atoms. The molecule has 1 fully saturated rings. The van der Waals surface area contributed by atoms with Crippen LogP contribution >= 0.6 is 0 Å². The van der Waals surface area contributed by atoms with Gasteiger partial charge in [-0.25, -0.2) is 4.39 Å². The Hall–Kier alpha value is -1.76. The van der Waals surface area contributed by atoms with Crippen molar-refractivity contribution in [3.63, 3.8) is 0 Å². The maximum atomic E-state index is 13.2. The number of carbonyl (C=O) groups is 1. The van der Waals surface area contributed by atoms with E-state index < -0.39 is 0 Å². The van der Waals surface area contributed by atoms with Crippen LogP contribution < -0.4 is 5.32 Å². The van der Waals surface area contributed by atoms with Crippen LogP contribution in [0.25, 0.3) is 0 Å². The van der Waals surface area contributed by atoms with E-state index in [0.29, 0.717) is 6.54 Å². The van der Waals surface area contributed by atoms with Crippen LogP contribution in [0.5, 0.6) is 0 Å². The minimum Gasteiger partial charge on any atom is -0.379 e. The predicted octanol–water partition coefficient (Wildman–Crippen LogP) is 2.68. The van der Waals surface area contributed by atoms with Gasteiger partial charge >= 0.3 is 0 Å². The molecular weight excluding hydrogens is 357 g/mol. The smallest absolute Gasteiger partial charge is 0.251 e. The Labute approximate surface area is 166 Å². The molecule has 0 bridgehead atoms. The van der Waals surface area contributed by atoms with E-state index in [0.717, 1.165) is 82.6 Å². The molecule has 3 aliphatic rings. The van der Waals surface area contributed by atoms with Gasteiger partial charge in [-0.05, 0) is 68.5 Å². The fourth-order valence-corrected chi connectivity index (χ4v) is 4.50. The molecule has 2 heterocycles. The van der Waals surface area contributed by atoms with Crippen molar-refractivity contribution in [2.45, 2.75) is 44.8 Å². The van der Waals surface area contributed by atoms with E-state index in [1.807, 2.05) is 4.90 Å². The first-order chi connectivity index (χ1) is 13.7. The molecule has 1 amide bonds. The number of morpholine rings is 1. The van der Waals surface area contributed by atoms with Gasteiger partial charge in [0.1, 0.15) is 12.0 Å². The van der Waals surface area contributed by atoms with E-state index in [4.69, 9.17) is 4.74 Å². The van der Waals surface area contributed by atoms with Crippen molar-refractivity contribution in [1.82, 2.24) is 15.1 Å². The van der Waals surface area contributed by atoms with Crippen molar-refractivity contribution in [3.05, 3.63) is 46.8 Å². The summed E-state index contributed by atoms with van der Waals surface area (Å²) in [6.45, 7) is 6.13. The lowest BCUT2D eigenvalue weighted by atomic mass is 9.92. The summed E-state index contributed by atoms with van der Waals surface area (Å²) >= 11 is 0. The van der Waals surface area contributed by atoms with Crippen LogP contribution in [0, 0.1) is 5.82 Å². The molecule has 0 unspecified atom stereocenters. The van der Waals surface area contributed by atoms with Crippen molar-refractivity contribution in [3.8, 4) is 0 Å². The number of hydrogen-bond acceptors (Lipinski definition) is 4. The highest BCUT2D eigenvalue weighted by Crippen LogP contribution is 2.36. The molecule has 1 N–H and O–H groups in total. The second kappa shape index (κ2) is 9.16. The summed E-state index contributed by atoms with van der Waals surface area (Å²) in [5, 5.41) is 3.65. The van der Waals surface area contributed by atoms with E-state index in [2.05, 4.69) is 10.2 Å². The summed E-state index contributed by atoms with van der Waals surface area (Å²) in [5.41, 5.74) is 3.26. The third kappa shape index (κ3) is 4.45. The van der Waals surface area contributed by atoms with Gasteiger partial charge in [-0.2, -0.15) is 0 Å². The van der Waals surface area contributed by atoms with Crippen LogP contribution in [0.3, 0.4) is 0 Å². The maximum absolute atomic E-state index is 13.2. The van der Waals surface area contributed by atoms with E-state index in [9.17, 15) is 9.18 Å². The van der Waals surface area contributed by atoms with Crippen LogP contribution in [-0.2, 0) is 16.1 Å². The van der Waals surface area contributed by atoms with Crippen LogP contribution in [0.1, 0.15) is 37.7 Å². The fraction of sp³-hybridized carbons (Fsp3) is 0.591. The van der Waals surface area contributed by atoms with Crippen LogP contribution in [0.15, 0.2) is 35.4 Å². The first-order valence-electron chi connectivity index (χ1n) is 10.5. The number of ether oxygens (including phenoxy) is 1. The van der Waals surface area contributed by atoms with Gasteiger partial charge in [0, 0.05) is 25.2 Å². The monoisotopic (exact) mass is 387 g/mol. The van der Waals surface area contributed by atoms with Crippen LogP contribution in [-0.4, -0.2) is 61.3 Å². The zero-order valence-electron chi connectivity index (χ0n) is 16.5. The molecule has 1 atom stereocenters. The molecule has 0 saturated carbocycles. The first kappa shape index (κ1) is 19.6. The number of hydrogen-bond donors (Lipinski definition) is 1. The predicted molar refractivity (Wildman–Crippen MR) is 106 cm³/mol. The molecule has 1 aliphatic carbocycles. The van der Waals surface area contributed by atoms with Gasteiger partial charge in [0.2, 0.25) is 0 Å². The molecule has 6 heteroatoms. The van der Waals surface area contributed by atoms with Gasteiger partial charge < -0.3 is 9.64 Å². The van der Waals surface area contributed by atoms with Crippen molar-refractivity contribution in [2.75, 3.05) is 39.4 Å². The molecule has 0 spiro atoms. The average molecular weight is 387 g/mol. The quantitative estimate of drug-likeness (QED) is 0.731. The topological polar surface area (TPSA) is 44.8 Å². The van der Waals surface area contributed by atoms with Crippen LogP contribution in [0.4, 0.5) is 4.39 Å². The Morgan fingerprint density at radius 2 is 1.86 bits per heavy atom. The number of nitrogens with zero attached hydrogens (tertiary/aromatic N) is 2. The van der Waals surface area contributed by atoms with Gasteiger partial charge in [0.05, 0.1) is 13.2 Å². The van der Waals surface area contributed by atoms with Gasteiger partial charge in [-0.1, -0.05) is 12.1 Å². The van der Waals surface area contributed by atoms with Crippen molar-refractivity contribution < 1.29 is 13.9 Å². The third-order valence-electron chi connectivity index (χ3n) is 6.03. The summed E-state index contributed by atoms with van der Waals surface area (Å²) in [6.07, 6.45) is 5.18. The Balaban J connectivity index is 1.39. The Bertz CT molecular complexity index is 713. The van der Waals surface area contributed by atoms with E-state index in [1.165, 1.54) is 17.7 Å². The van der Waals surface area contributed by atoms with Gasteiger partial charge in [-0.15, -0.1) is 0 Å². The number of amides is 1. The third-order valence-corrected chi connectivity index (χ3v) is 6.03. The molecular formula is C22H30FN3O2. The first-order valence-corrected chi connectivity index (χ1v) is 10.5. The second-order valence-electron chi connectivity index (χ2n) is 7.93. The minimum absolute atomic E-state index is 0.0162. The Kier molecular flexibility index (Phi) is 6.40. The minimum atomic E-state index is -0.244. The van der Waals surface area contributed by atoms with Crippen molar-refractivity contribution in [2.24, 2.45) is 0 Å². The summed E-state index contributed by atoms with van der Waals surface area (Å²) in [5.74, 6) is -0.0867. The summed E-state index contributed by atoms with van der Waals surface area (Å²) in [6, 6.07) is 6.48. The van der Waals surface area contributed by atoms with Crippen molar-refractivity contribution in [1.29, 1.82) is 0 Å². The highest BCUT2D eigenvalue weighted by Gasteiger charge is 2.39. The normalized spacial score (nSPS) is 23.4. The summed E-state index contributed by atoms with van der Waals surface area (Å²) in [7, 11) is 0. The maximum Gasteiger partial charge on any atom is 0.251 e. The lowest BCUT2D eigenvalue weighted by Crippen LogP contribution is -2.46. The molecule has 1 aromatic rings. The zero-order chi connectivity index (χ0) is 19.3. The largest absolute Gasteiger partial charge is 0.379 e. The Morgan fingerprint density at radius 3 is 2.64 bits per heavy atom. The van der Waals surface area contributed by atoms with E-state index in [-0.39, 0.29) is 17.9 Å². The average Bonchev–Trinajstić information content (AvgIpc) is 2.99. The number of nitrogens with one attached hydrogen (secondary N) is 1. The lowest BCUT2D eigenvalue weighted by Gasteiger charge is -2.30. The fourth-order valence-electron chi connectivity index (χ4n) is 4.50. The summed E-state index contributed by atoms with van der Waals surface area (Å²) in [4.78, 5) is 17.4. The molecule has 1 aromatic carbocycles. The number of benzene rings is 1. The molecule has 0 aromatic heterocycles. The standard InChI is InChI=1S/C22H30FN3O2/c23-18-8-6-17(7-9-18)16-26-21(19-4-1-2-5-20(19)22(26)27)24-10-3-11-25-12-14-28-15-13-25/h6-9,21,24H,1-5,10-16H2/t21-/m0/s1. The highest BCUT2D eigenvalue weighted by atomic mass is 19.1. The molecule has 1 saturated heterocycles. The van der Waals surface area contributed by atoms with Gasteiger partial charge in [-0.3, -0.25) is 15.0 Å². The number of halogens is 1. The van der Waals surface area contributed by atoms with Crippen LogP contribution in [0.2, 0.25) is 0 Å². The number of carbonyl (C=O) groups excluding carboxylic acids is 1. The molecule has 4 rings (SSSR count). The lowest BCUT2D eigenvalue weighted by molar-refractivity contribution is -0.128. The molecule has 2 aliphatic heterocycles. The van der Waals surface area contributed by atoms with E-state index >= 15 is 0 Å². The molecule has 0 radical (unpaired) electrons. The molecule has 152 valence electrons. The second-order valence-corrected chi connectivity index (χ2v) is 7.93. The zero-order valence-corrected chi connectivity index (χ0v) is 16.5.